The summed E-state index contributed by atoms with van der Waals surface area (Å²) >= 11 is 0. The molecule has 0 amide bonds. The summed E-state index contributed by atoms with van der Waals surface area (Å²) in [6, 6.07) is 5.45. The first-order chi connectivity index (χ1) is 9.10. The first kappa shape index (κ1) is 14.5. The van der Waals surface area contributed by atoms with Crippen molar-refractivity contribution in [3.8, 4) is 0 Å². The standard InChI is InChI=1S/C16H25FN2/c1-12-6-7-19(10-13(12)2)11-15-8-14(9-18-3)4-5-16(15)17/h4-5,8,12-13,18H,6-7,9-11H2,1-3H3. The molecule has 2 nitrogen and oxygen atoms in total. The molecule has 2 atom stereocenters. The van der Waals surface area contributed by atoms with Gasteiger partial charge in [0.2, 0.25) is 0 Å². The lowest BCUT2D eigenvalue weighted by Gasteiger charge is -2.35. The molecule has 2 unspecified atom stereocenters. The number of likely N-dealkylation sites (tertiary alicyclic amines) is 1. The van der Waals surface area contributed by atoms with Gasteiger partial charge in [0, 0.05) is 25.2 Å². The van der Waals surface area contributed by atoms with Gasteiger partial charge in [-0.2, -0.15) is 0 Å². The maximum atomic E-state index is 13.9. The van der Waals surface area contributed by atoms with E-state index in [4.69, 9.17) is 0 Å². The smallest absolute Gasteiger partial charge is 0.127 e. The molecule has 106 valence electrons. The zero-order valence-electron chi connectivity index (χ0n) is 12.2. The van der Waals surface area contributed by atoms with Gasteiger partial charge >= 0.3 is 0 Å². The minimum Gasteiger partial charge on any atom is -0.316 e. The quantitative estimate of drug-likeness (QED) is 0.899. The van der Waals surface area contributed by atoms with Crippen molar-refractivity contribution in [2.45, 2.75) is 33.4 Å². The van der Waals surface area contributed by atoms with Gasteiger partial charge in [-0.05, 0) is 43.5 Å². The predicted octanol–water partition coefficient (Wildman–Crippen LogP) is 3.02. The van der Waals surface area contributed by atoms with Crippen molar-refractivity contribution in [2.75, 3.05) is 20.1 Å². The van der Waals surface area contributed by atoms with Crippen LogP contribution in [0.3, 0.4) is 0 Å². The topological polar surface area (TPSA) is 15.3 Å². The predicted molar refractivity (Wildman–Crippen MR) is 77.4 cm³/mol. The molecule has 2 rings (SSSR count). The van der Waals surface area contributed by atoms with E-state index >= 15 is 0 Å². The number of piperidine rings is 1. The minimum atomic E-state index is -0.0777. The summed E-state index contributed by atoms with van der Waals surface area (Å²) in [6.07, 6.45) is 1.22. The van der Waals surface area contributed by atoms with Gasteiger partial charge in [0.05, 0.1) is 0 Å². The van der Waals surface area contributed by atoms with Crippen LogP contribution in [0.15, 0.2) is 18.2 Å². The summed E-state index contributed by atoms with van der Waals surface area (Å²) < 4.78 is 13.9. The number of rotatable bonds is 4. The first-order valence-electron chi connectivity index (χ1n) is 7.24. The van der Waals surface area contributed by atoms with E-state index in [0.717, 1.165) is 43.2 Å². The fourth-order valence-electron chi connectivity index (χ4n) is 2.80. The van der Waals surface area contributed by atoms with Crippen molar-refractivity contribution < 1.29 is 4.39 Å². The highest BCUT2D eigenvalue weighted by Crippen LogP contribution is 2.24. The number of hydrogen-bond acceptors (Lipinski definition) is 2. The Labute approximate surface area is 116 Å². The van der Waals surface area contributed by atoms with Crippen LogP contribution >= 0.6 is 0 Å². The highest BCUT2D eigenvalue weighted by molar-refractivity contribution is 5.25. The Morgan fingerprint density at radius 2 is 2.11 bits per heavy atom. The van der Waals surface area contributed by atoms with Crippen LogP contribution in [-0.2, 0) is 13.1 Å². The van der Waals surface area contributed by atoms with E-state index < -0.39 is 0 Å². The Bertz CT molecular complexity index is 419. The molecule has 0 bridgehead atoms. The Morgan fingerprint density at radius 3 is 2.79 bits per heavy atom. The van der Waals surface area contributed by atoms with Crippen molar-refractivity contribution in [3.05, 3.63) is 35.1 Å². The van der Waals surface area contributed by atoms with Crippen LogP contribution in [-0.4, -0.2) is 25.0 Å². The lowest BCUT2D eigenvalue weighted by atomic mass is 9.88. The van der Waals surface area contributed by atoms with Crippen LogP contribution in [0.25, 0.3) is 0 Å². The summed E-state index contributed by atoms with van der Waals surface area (Å²) in [4.78, 5) is 2.38. The molecule has 0 aliphatic carbocycles. The molecular formula is C16H25FN2. The second kappa shape index (κ2) is 6.49. The number of benzene rings is 1. The molecule has 1 aromatic rings. The number of halogens is 1. The van der Waals surface area contributed by atoms with Crippen LogP contribution in [0.1, 0.15) is 31.4 Å². The van der Waals surface area contributed by atoms with Crippen LogP contribution < -0.4 is 5.32 Å². The maximum Gasteiger partial charge on any atom is 0.127 e. The normalized spacial score (nSPS) is 24.6. The van der Waals surface area contributed by atoms with E-state index in [1.807, 2.05) is 19.2 Å². The molecule has 0 spiro atoms. The molecule has 1 heterocycles. The van der Waals surface area contributed by atoms with E-state index in [0.29, 0.717) is 5.92 Å². The van der Waals surface area contributed by atoms with Crippen LogP contribution in [0.2, 0.25) is 0 Å². The monoisotopic (exact) mass is 264 g/mol. The Morgan fingerprint density at radius 1 is 1.32 bits per heavy atom. The summed E-state index contributed by atoms with van der Waals surface area (Å²) in [5, 5.41) is 3.11. The second-order valence-electron chi connectivity index (χ2n) is 5.93. The van der Waals surface area contributed by atoms with Crippen LogP contribution in [0, 0.1) is 17.7 Å². The third-order valence-corrected chi connectivity index (χ3v) is 4.30. The summed E-state index contributed by atoms with van der Waals surface area (Å²) in [6.45, 7) is 8.31. The molecule has 3 heteroatoms. The Hall–Kier alpha value is -0.930. The van der Waals surface area contributed by atoms with Crippen molar-refractivity contribution >= 4 is 0 Å². The van der Waals surface area contributed by atoms with Crippen LogP contribution in [0.4, 0.5) is 4.39 Å². The molecular weight excluding hydrogens is 239 g/mol. The summed E-state index contributed by atoms with van der Waals surface area (Å²) in [7, 11) is 1.91. The van der Waals surface area contributed by atoms with Gasteiger partial charge in [0.1, 0.15) is 5.82 Å². The molecule has 1 aromatic carbocycles. The zero-order chi connectivity index (χ0) is 13.8. The average Bonchev–Trinajstić information content (AvgIpc) is 2.38. The number of nitrogens with zero attached hydrogens (tertiary/aromatic N) is 1. The van der Waals surface area contributed by atoms with Crippen molar-refractivity contribution in [1.29, 1.82) is 0 Å². The third-order valence-electron chi connectivity index (χ3n) is 4.30. The zero-order valence-corrected chi connectivity index (χ0v) is 12.2. The minimum absolute atomic E-state index is 0.0777. The molecule has 1 aliphatic heterocycles. The first-order valence-corrected chi connectivity index (χ1v) is 7.24. The summed E-state index contributed by atoms with van der Waals surface area (Å²) in [5.41, 5.74) is 1.98. The van der Waals surface area contributed by atoms with E-state index in [2.05, 4.69) is 24.1 Å². The molecule has 0 radical (unpaired) electrons. The van der Waals surface area contributed by atoms with Gasteiger partial charge in [0.15, 0.2) is 0 Å². The van der Waals surface area contributed by atoms with Gasteiger partial charge in [0.25, 0.3) is 0 Å². The Balaban J connectivity index is 2.04. The van der Waals surface area contributed by atoms with E-state index in [1.54, 1.807) is 6.07 Å². The van der Waals surface area contributed by atoms with E-state index in [1.165, 1.54) is 6.42 Å². The van der Waals surface area contributed by atoms with Gasteiger partial charge in [-0.15, -0.1) is 0 Å². The third kappa shape index (κ3) is 3.77. The largest absolute Gasteiger partial charge is 0.316 e. The van der Waals surface area contributed by atoms with Crippen molar-refractivity contribution in [2.24, 2.45) is 11.8 Å². The molecule has 1 N–H and O–H groups in total. The Kier molecular flexibility index (Phi) is 4.94. The van der Waals surface area contributed by atoms with Gasteiger partial charge < -0.3 is 5.32 Å². The lowest BCUT2D eigenvalue weighted by Crippen LogP contribution is -2.38. The molecule has 0 aromatic heterocycles. The molecule has 1 saturated heterocycles. The van der Waals surface area contributed by atoms with Gasteiger partial charge in [-0.25, -0.2) is 4.39 Å². The molecule has 1 aliphatic rings. The van der Waals surface area contributed by atoms with Crippen molar-refractivity contribution in [1.82, 2.24) is 10.2 Å². The van der Waals surface area contributed by atoms with Gasteiger partial charge in [-0.3, -0.25) is 4.90 Å². The SMILES string of the molecule is CNCc1ccc(F)c(CN2CCC(C)C(C)C2)c1. The van der Waals surface area contributed by atoms with Gasteiger partial charge in [-0.1, -0.05) is 26.0 Å². The maximum absolute atomic E-state index is 13.9. The average molecular weight is 264 g/mol. The fraction of sp³-hybridized carbons (Fsp3) is 0.625. The molecule has 0 saturated carbocycles. The van der Waals surface area contributed by atoms with E-state index in [-0.39, 0.29) is 5.82 Å². The van der Waals surface area contributed by atoms with Crippen LogP contribution in [0.5, 0.6) is 0 Å². The summed E-state index contributed by atoms with van der Waals surface area (Å²) in [5.74, 6) is 1.42. The molecule has 19 heavy (non-hydrogen) atoms. The second-order valence-corrected chi connectivity index (χ2v) is 5.93. The van der Waals surface area contributed by atoms with E-state index in [9.17, 15) is 4.39 Å². The molecule has 1 fully saturated rings. The number of hydrogen-bond donors (Lipinski definition) is 1. The lowest BCUT2D eigenvalue weighted by molar-refractivity contribution is 0.131. The number of nitrogens with one attached hydrogen (secondary N) is 1. The highest BCUT2D eigenvalue weighted by atomic mass is 19.1. The fourth-order valence-corrected chi connectivity index (χ4v) is 2.80. The van der Waals surface area contributed by atoms with Crippen molar-refractivity contribution in [3.63, 3.8) is 0 Å². The highest BCUT2D eigenvalue weighted by Gasteiger charge is 2.23.